The molecule has 3 rings (SSSR count). The fourth-order valence-corrected chi connectivity index (χ4v) is 3.62. The molecule has 2 aromatic carbocycles. The summed E-state index contributed by atoms with van der Waals surface area (Å²) < 4.78 is 1.04. The quantitative estimate of drug-likeness (QED) is 0.650. The van der Waals surface area contributed by atoms with Crippen molar-refractivity contribution < 1.29 is 4.79 Å². The van der Waals surface area contributed by atoms with Gasteiger partial charge in [0.25, 0.3) is 0 Å². The summed E-state index contributed by atoms with van der Waals surface area (Å²) >= 11 is 5.02. The zero-order valence-electron chi connectivity index (χ0n) is 13.4. The summed E-state index contributed by atoms with van der Waals surface area (Å²) in [5, 5.41) is 4.33. The summed E-state index contributed by atoms with van der Waals surface area (Å²) in [6.45, 7) is 0. The van der Waals surface area contributed by atoms with Crippen LogP contribution in [0.3, 0.4) is 0 Å². The Bertz CT molecular complexity index is 794. The fraction of sp³-hybridized carbons (Fsp3) is 0.150. The number of carbonyl (C=O) groups excluding carboxylic acids is 1. The first-order valence-corrected chi connectivity index (χ1v) is 9.79. The van der Waals surface area contributed by atoms with Crippen molar-refractivity contribution in [3.63, 3.8) is 0 Å². The largest absolute Gasteiger partial charge is 0.350 e. The van der Waals surface area contributed by atoms with Gasteiger partial charge < -0.3 is 5.32 Å². The van der Waals surface area contributed by atoms with E-state index in [-0.39, 0.29) is 5.78 Å². The third-order valence-electron chi connectivity index (χ3n) is 3.93. The third kappa shape index (κ3) is 4.00. The number of thioether (sulfide) groups is 1. The van der Waals surface area contributed by atoms with Crippen LogP contribution in [0, 0.1) is 0 Å². The Balaban J connectivity index is 1.84. The molecule has 0 amide bonds. The molecule has 24 heavy (non-hydrogen) atoms. The van der Waals surface area contributed by atoms with Crippen LogP contribution in [0.2, 0.25) is 0 Å². The number of ketones is 1. The van der Waals surface area contributed by atoms with Crippen molar-refractivity contribution in [3.05, 3.63) is 80.8 Å². The normalized spacial score (nSPS) is 18.1. The Morgan fingerprint density at radius 1 is 1.08 bits per heavy atom. The SMILES string of the molecule is CSC(Nc1ccccc1)=C1CCC(=Cc2ccc(Br)cc2)C1=O. The average molecular weight is 400 g/mol. The molecule has 1 fully saturated rings. The molecule has 2 aromatic rings. The molecule has 1 N–H and O–H groups in total. The van der Waals surface area contributed by atoms with Crippen molar-refractivity contribution in [3.8, 4) is 0 Å². The molecule has 1 aliphatic rings. The minimum Gasteiger partial charge on any atom is -0.350 e. The van der Waals surface area contributed by atoms with E-state index in [1.807, 2.05) is 66.9 Å². The number of anilines is 1. The van der Waals surface area contributed by atoms with Gasteiger partial charge in [-0.1, -0.05) is 46.3 Å². The molecule has 0 aliphatic heterocycles. The smallest absolute Gasteiger partial charge is 0.187 e. The van der Waals surface area contributed by atoms with E-state index in [4.69, 9.17) is 0 Å². The molecule has 1 aliphatic carbocycles. The number of rotatable bonds is 4. The lowest BCUT2D eigenvalue weighted by Gasteiger charge is -2.11. The average Bonchev–Trinajstić information content (AvgIpc) is 2.96. The molecule has 0 spiro atoms. The van der Waals surface area contributed by atoms with Crippen LogP contribution in [-0.2, 0) is 4.79 Å². The van der Waals surface area contributed by atoms with E-state index >= 15 is 0 Å². The van der Waals surface area contributed by atoms with Gasteiger partial charge in [-0.05, 0) is 55.0 Å². The minimum atomic E-state index is 0.158. The molecular weight excluding hydrogens is 382 g/mol. The number of carbonyl (C=O) groups is 1. The Labute approximate surface area is 155 Å². The first-order valence-electron chi connectivity index (χ1n) is 7.77. The second-order valence-electron chi connectivity index (χ2n) is 5.55. The molecule has 0 radical (unpaired) electrons. The Hall–Kier alpha value is -1.78. The van der Waals surface area contributed by atoms with Gasteiger partial charge in [-0.15, -0.1) is 11.8 Å². The van der Waals surface area contributed by atoms with Crippen molar-refractivity contribution in [1.82, 2.24) is 0 Å². The van der Waals surface area contributed by atoms with Crippen LogP contribution in [0.4, 0.5) is 5.69 Å². The van der Waals surface area contributed by atoms with Crippen molar-refractivity contribution in [1.29, 1.82) is 0 Å². The number of benzene rings is 2. The van der Waals surface area contributed by atoms with Crippen molar-refractivity contribution >= 4 is 45.2 Å². The van der Waals surface area contributed by atoms with Crippen LogP contribution in [0.1, 0.15) is 18.4 Å². The van der Waals surface area contributed by atoms with Crippen molar-refractivity contribution in [2.45, 2.75) is 12.8 Å². The van der Waals surface area contributed by atoms with Gasteiger partial charge in [0.15, 0.2) is 5.78 Å². The van der Waals surface area contributed by atoms with Crippen molar-refractivity contribution in [2.75, 3.05) is 11.6 Å². The topological polar surface area (TPSA) is 29.1 Å². The van der Waals surface area contributed by atoms with Gasteiger partial charge in [0.05, 0.1) is 5.03 Å². The lowest BCUT2D eigenvalue weighted by Crippen LogP contribution is -2.05. The first kappa shape index (κ1) is 17.1. The Morgan fingerprint density at radius 3 is 2.46 bits per heavy atom. The summed E-state index contributed by atoms with van der Waals surface area (Å²) in [5.41, 5.74) is 3.83. The minimum absolute atomic E-state index is 0.158. The van der Waals surface area contributed by atoms with Gasteiger partial charge in [-0.25, -0.2) is 0 Å². The van der Waals surface area contributed by atoms with Crippen LogP contribution in [0.15, 0.2) is 75.2 Å². The van der Waals surface area contributed by atoms with E-state index in [1.54, 1.807) is 11.8 Å². The summed E-state index contributed by atoms with van der Waals surface area (Å²) in [6, 6.07) is 18.0. The lowest BCUT2D eigenvalue weighted by atomic mass is 10.1. The summed E-state index contributed by atoms with van der Waals surface area (Å²) in [5.74, 6) is 0.158. The number of hydrogen-bond acceptors (Lipinski definition) is 3. The van der Waals surface area contributed by atoms with E-state index in [1.165, 1.54) is 0 Å². The van der Waals surface area contributed by atoms with Gasteiger partial charge in [0, 0.05) is 21.3 Å². The molecule has 1 saturated carbocycles. The van der Waals surface area contributed by atoms with Crippen LogP contribution >= 0.6 is 27.7 Å². The van der Waals surface area contributed by atoms with Gasteiger partial charge in [0.1, 0.15) is 0 Å². The van der Waals surface area contributed by atoms with Gasteiger partial charge >= 0.3 is 0 Å². The molecular formula is C20H18BrNOS. The first-order chi connectivity index (χ1) is 11.7. The highest BCUT2D eigenvalue weighted by Crippen LogP contribution is 2.33. The lowest BCUT2D eigenvalue weighted by molar-refractivity contribution is -0.111. The van der Waals surface area contributed by atoms with Crippen molar-refractivity contribution in [2.24, 2.45) is 0 Å². The summed E-state index contributed by atoms with van der Waals surface area (Å²) in [7, 11) is 0. The van der Waals surface area contributed by atoms with Gasteiger partial charge in [0.2, 0.25) is 0 Å². The molecule has 2 nitrogen and oxygen atoms in total. The maximum Gasteiger partial charge on any atom is 0.187 e. The summed E-state index contributed by atoms with van der Waals surface area (Å²) in [6.07, 6.45) is 5.59. The van der Waals surface area contributed by atoms with Gasteiger partial charge in [-0.2, -0.15) is 0 Å². The molecule has 4 heteroatoms. The second kappa shape index (κ2) is 7.86. The standard InChI is InChI=1S/C20H18BrNOS/c1-24-20(22-17-5-3-2-4-6-17)18-12-9-15(19(18)23)13-14-7-10-16(21)11-8-14/h2-8,10-11,13,22H,9,12H2,1H3. The Morgan fingerprint density at radius 2 is 1.79 bits per heavy atom. The van der Waals surface area contributed by atoms with Crippen LogP contribution in [-0.4, -0.2) is 12.0 Å². The predicted octanol–water partition coefficient (Wildman–Crippen LogP) is 5.88. The third-order valence-corrected chi connectivity index (χ3v) is 5.22. The molecule has 0 saturated heterocycles. The molecule has 122 valence electrons. The maximum atomic E-state index is 12.8. The number of Topliss-reactive ketones (excluding diaryl/α,β-unsaturated/α-hetero) is 1. The number of allylic oxidation sites excluding steroid dienone is 2. The molecule has 0 aromatic heterocycles. The summed E-state index contributed by atoms with van der Waals surface area (Å²) in [4.78, 5) is 12.8. The predicted molar refractivity (Wildman–Crippen MR) is 107 cm³/mol. The van der Waals surface area contributed by atoms with Gasteiger partial charge in [-0.3, -0.25) is 4.79 Å². The number of para-hydroxylation sites is 1. The van der Waals surface area contributed by atoms with Crippen LogP contribution in [0.25, 0.3) is 6.08 Å². The highest BCUT2D eigenvalue weighted by Gasteiger charge is 2.26. The van der Waals surface area contributed by atoms with E-state index in [2.05, 4.69) is 21.2 Å². The highest BCUT2D eigenvalue weighted by molar-refractivity contribution is 9.10. The van der Waals surface area contributed by atoms with Crippen LogP contribution < -0.4 is 5.32 Å². The molecule has 0 atom stereocenters. The second-order valence-corrected chi connectivity index (χ2v) is 7.29. The zero-order chi connectivity index (χ0) is 16.9. The number of halogens is 1. The maximum absolute atomic E-state index is 12.8. The molecule has 0 bridgehead atoms. The van der Waals surface area contributed by atoms with Crippen LogP contribution in [0.5, 0.6) is 0 Å². The number of nitrogens with one attached hydrogen (secondary N) is 1. The van der Waals surface area contributed by atoms with E-state index in [9.17, 15) is 4.79 Å². The Kier molecular flexibility index (Phi) is 5.59. The van der Waals surface area contributed by atoms with E-state index in [0.717, 1.165) is 44.7 Å². The molecule has 0 unspecified atom stereocenters. The monoisotopic (exact) mass is 399 g/mol. The number of hydrogen-bond donors (Lipinski definition) is 1. The highest BCUT2D eigenvalue weighted by atomic mass is 79.9. The molecule has 0 heterocycles. The van der Waals surface area contributed by atoms with E-state index in [0.29, 0.717) is 0 Å². The zero-order valence-corrected chi connectivity index (χ0v) is 15.8. The van der Waals surface area contributed by atoms with E-state index < -0.39 is 0 Å². The fourth-order valence-electron chi connectivity index (χ4n) is 2.70.